The molecule has 1 fully saturated rings. The Hall–Kier alpha value is -2.32. The van der Waals surface area contributed by atoms with Crippen molar-refractivity contribution in [2.24, 2.45) is 0 Å². The molecule has 0 saturated carbocycles. The topological polar surface area (TPSA) is 83.3 Å². The predicted octanol–water partition coefficient (Wildman–Crippen LogP) is 3.50. The number of rotatable bonds is 2. The molecule has 0 spiro atoms. The van der Waals surface area contributed by atoms with Gasteiger partial charge in [-0.3, -0.25) is 0 Å². The van der Waals surface area contributed by atoms with Gasteiger partial charge in [0.15, 0.2) is 21.3 Å². The van der Waals surface area contributed by atoms with Crippen molar-refractivity contribution >= 4 is 32.3 Å². The molecule has 1 aromatic carbocycles. The monoisotopic (exact) mass is 433 g/mol. The molecule has 0 radical (unpaired) electrons. The molecule has 1 saturated heterocycles. The summed E-state index contributed by atoms with van der Waals surface area (Å²) in [6.07, 6.45) is 0.524. The SMILES string of the molecule is Cc1nn(C2CCS(=O)(=O)C2)c(Cl)c1-c1cc(C)c2cc3c(cc2n1)OCCO3. The Bertz CT molecular complexity index is 1250. The number of hydrogen-bond acceptors (Lipinski definition) is 6. The summed E-state index contributed by atoms with van der Waals surface area (Å²) in [6.45, 7) is 4.93. The maximum absolute atomic E-state index is 11.9. The number of benzene rings is 1. The first-order valence-electron chi connectivity index (χ1n) is 9.49. The van der Waals surface area contributed by atoms with Gasteiger partial charge in [0.25, 0.3) is 0 Å². The van der Waals surface area contributed by atoms with E-state index >= 15 is 0 Å². The molecule has 5 rings (SSSR count). The van der Waals surface area contributed by atoms with Crippen molar-refractivity contribution < 1.29 is 17.9 Å². The summed E-state index contributed by atoms with van der Waals surface area (Å²) in [5, 5.41) is 5.96. The minimum atomic E-state index is -3.03. The second kappa shape index (κ2) is 6.60. The van der Waals surface area contributed by atoms with Crippen LogP contribution in [0.25, 0.3) is 22.2 Å². The highest BCUT2D eigenvalue weighted by molar-refractivity contribution is 7.91. The Morgan fingerprint density at radius 1 is 1.14 bits per heavy atom. The maximum atomic E-state index is 11.9. The van der Waals surface area contributed by atoms with Gasteiger partial charge in [-0.2, -0.15) is 5.10 Å². The van der Waals surface area contributed by atoms with Crippen molar-refractivity contribution in [3.63, 3.8) is 0 Å². The molecule has 1 unspecified atom stereocenters. The first-order valence-corrected chi connectivity index (χ1v) is 11.7. The molecular formula is C20H20ClN3O4S. The van der Waals surface area contributed by atoms with Crippen LogP contribution in [-0.2, 0) is 9.84 Å². The summed E-state index contributed by atoms with van der Waals surface area (Å²) in [5.41, 5.74) is 3.99. The molecule has 2 aliphatic rings. The molecule has 7 nitrogen and oxygen atoms in total. The van der Waals surface area contributed by atoms with E-state index in [-0.39, 0.29) is 17.5 Å². The van der Waals surface area contributed by atoms with Gasteiger partial charge in [-0.15, -0.1) is 0 Å². The number of hydrogen-bond donors (Lipinski definition) is 0. The number of ether oxygens (including phenoxy) is 2. The van der Waals surface area contributed by atoms with Gasteiger partial charge in [-0.1, -0.05) is 11.6 Å². The van der Waals surface area contributed by atoms with Gasteiger partial charge in [-0.25, -0.2) is 18.1 Å². The molecule has 29 heavy (non-hydrogen) atoms. The molecule has 2 aromatic heterocycles. The van der Waals surface area contributed by atoms with Crippen molar-refractivity contribution in [2.45, 2.75) is 26.3 Å². The normalized spacial score (nSPS) is 20.3. The smallest absolute Gasteiger partial charge is 0.163 e. The molecule has 0 amide bonds. The largest absolute Gasteiger partial charge is 0.486 e. The summed E-state index contributed by atoms with van der Waals surface area (Å²) in [4.78, 5) is 4.81. The van der Waals surface area contributed by atoms with Gasteiger partial charge in [0.05, 0.1) is 40.0 Å². The van der Waals surface area contributed by atoms with Crippen molar-refractivity contribution in [1.29, 1.82) is 0 Å². The quantitative estimate of drug-likeness (QED) is 0.615. The third-order valence-corrected chi connectivity index (χ3v) is 7.63. The lowest BCUT2D eigenvalue weighted by molar-refractivity contribution is 0.172. The number of halogens is 1. The Balaban J connectivity index is 1.62. The summed E-state index contributed by atoms with van der Waals surface area (Å²) in [5.74, 6) is 1.65. The van der Waals surface area contributed by atoms with Gasteiger partial charge in [0, 0.05) is 11.5 Å². The third-order valence-electron chi connectivity index (χ3n) is 5.52. The first kappa shape index (κ1) is 18.7. The van der Waals surface area contributed by atoms with Crippen LogP contribution in [0.2, 0.25) is 5.15 Å². The number of fused-ring (bicyclic) bond motifs is 2. The average Bonchev–Trinajstić information content (AvgIpc) is 3.18. The van der Waals surface area contributed by atoms with E-state index in [1.54, 1.807) is 4.68 Å². The minimum Gasteiger partial charge on any atom is -0.486 e. The average molecular weight is 434 g/mol. The highest BCUT2D eigenvalue weighted by Gasteiger charge is 2.32. The lowest BCUT2D eigenvalue weighted by Gasteiger charge is -2.19. The Kier molecular flexibility index (Phi) is 4.25. The van der Waals surface area contributed by atoms with Gasteiger partial charge in [-0.05, 0) is 38.0 Å². The third kappa shape index (κ3) is 3.14. The Labute approximate surface area is 173 Å². The zero-order valence-corrected chi connectivity index (χ0v) is 17.7. The molecular weight excluding hydrogens is 414 g/mol. The van der Waals surface area contributed by atoms with E-state index < -0.39 is 9.84 Å². The van der Waals surface area contributed by atoms with Gasteiger partial charge >= 0.3 is 0 Å². The molecule has 4 heterocycles. The fourth-order valence-corrected chi connectivity index (χ4v) is 6.18. The van der Waals surface area contributed by atoms with Gasteiger partial charge in [0.2, 0.25) is 0 Å². The molecule has 2 aliphatic heterocycles. The van der Waals surface area contributed by atoms with E-state index in [2.05, 4.69) is 5.10 Å². The molecule has 0 N–H and O–H groups in total. The van der Waals surface area contributed by atoms with E-state index in [1.807, 2.05) is 32.0 Å². The highest BCUT2D eigenvalue weighted by Crippen LogP contribution is 2.39. The van der Waals surface area contributed by atoms with E-state index in [0.717, 1.165) is 33.5 Å². The van der Waals surface area contributed by atoms with Crippen LogP contribution in [0, 0.1) is 13.8 Å². The van der Waals surface area contributed by atoms with Crippen LogP contribution >= 0.6 is 11.6 Å². The number of nitrogens with zero attached hydrogens (tertiary/aromatic N) is 3. The fraction of sp³-hybridized carbons (Fsp3) is 0.400. The van der Waals surface area contributed by atoms with Crippen LogP contribution < -0.4 is 9.47 Å². The molecule has 1 atom stereocenters. The van der Waals surface area contributed by atoms with E-state index in [0.29, 0.717) is 36.2 Å². The van der Waals surface area contributed by atoms with Crippen LogP contribution in [-0.4, -0.2) is 47.9 Å². The molecule has 152 valence electrons. The van der Waals surface area contributed by atoms with Crippen LogP contribution in [0.3, 0.4) is 0 Å². The standard InChI is InChI=1S/C20H20ClN3O4S/c1-11-7-16(22-15-9-18-17(8-14(11)15)27-4-5-28-18)19-12(2)23-24(20(19)21)13-3-6-29(25,26)10-13/h7-9,13H,3-6,10H2,1-2H3. The molecule has 0 aliphatic carbocycles. The summed E-state index contributed by atoms with van der Waals surface area (Å²) in [7, 11) is -3.03. The van der Waals surface area contributed by atoms with Crippen LogP contribution in [0.5, 0.6) is 11.5 Å². The van der Waals surface area contributed by atoms with Crippen LogP contribution in [0.1, 0.15) is 23.7 Å². The second-order valence-electron chi connectivity index (χ2n) is 7.59. The lowest BCUT2D eigenvalue weighted by Crippen LogP contribution is -2.15. The number of pyridine rings is 1. The van der Waals surface area contributed by atoms with E-state index in [1.165, 1.54) is 0 Å². The predicted molar refractivity (Wildman–Crippen MR) is 111 cm³/mol. The van der Waals surface area contributed by atoms with Gasteiger partial charge in [0.1, 0.15) is 18.4 Å². The van der Waals surface area contributed by atoms with Crippen molar-refractivity contribution in [1.82, 2.24) is 14.8 Å². The zero-order valence-electron chi connectivity index (χ0n) is 16.1. The Morgan fingerprint density at radius 2 is 1.86 bits per heavy atom. The summed E-state index contributed by atoms with van der Waals surface area (Å²) in [6, 6.07) is 5.58. The fourth-order valence-electron chi connectivity index (χ4n) is 4.08. The molecule has 3 aromatic rings. The van der Waals surface area contributed by atoms with Crippen molar-refractivity contribution in [3.8, 4) is 22.8 Å². The second-order valence-corrected chi connectivity index (χ2v) is 10.2. The lowest BCUT2D eigenvalue weighted by atomic mass is 10.0. The van der Waals surface area contributed by atoms with Crippen molar-refractivity contribution in [2.75, 3.05) is 24.7 Å². The van der Waals surface area contributed by atoms with Crippen molar-refractivity contribution in [3.05, 3.63) is 34.6 Å². The highest BCUT2D eigenvalue weighted by atomic mass is 35.5. The maximum Gasteiger partial charge on any atom is 0.163 e. The van der Waals surface area contributed by atoms with E-state index in [4.69, 9.17) is 26.1 Å². The zero-order chi connectivity index (χ0) is 20.3. The van der Waals surface area contributed by atoms with E-state index in [9.17, 15) is 8.42 Å². The van der Waals surface area contributed by atoms with Crippen LogP contribution in [0.15, 0.2) is 18.2 Å². The van der Waals surface area contributed by atoms with Crippen LogP contribution in [0.4, 0.5) is 0 Å². The summed E-state index contributed by atoms with van der Waals surface area (Å²) < 4.78 is 36.8. The minimum absolute atomic E-state index is 0.0704. The van der Waals surface area contributed by atoms with Gasteiger partial charge < -0.3 is 9.47 Å². The number of aromatic nitrogens is 3. The first-order chi connectivity index (χ1) is 13.8. The number of sulfone groups is 1. The summed E-state index contributed by atoms with van der Waals surface area (Å²) >= 11 is 6.68. The number of aryl methyl sites for hydroxylation is 2. The molecule has 0 bridgehead atoms. The Morgan fingerprint density at radius 3 is 2.55 bits per heavy atom. The molecule has 9 heteroatoms.